The van der Waals surface area contributed by atoms with Crippen LogP contribution >= 0.6 is 15.9 Å². The van der Waals surface area contributed by atoms with Crippen molar-refractivity contribution in [1.82, 2.24) is 10.5 Å². The van der Waals surface area contributed by atoms with E-state index >= 15 is 0 Å². The standard InChI is InChI=1S/C11H11BrN2O3/c12-7-1-2-8-9(14-17-10(8)5-7)6-11(16)13-3-4-15/h1-2,5,15H,3-4,6H2,(H,13,16). The van der Waals surface area contributed by atoms with Crippen LogP contribution in [0.3, 0.4) is 0 Å². The van der Waals surface area contributed by atoms with Crippen LogP contribution in [0.1, 0.15) is 5.69 Å². The molecule has 6 heteroatoms. The smallest absolute Gasteiger partial charge is 0.226 e. The van der Waals surface area contributed by atoms with E-state index in [4.69, 9.17) is 9.63 Å². The van der Waals surface area contributed by atoms with E-state index < -0.39 is 0 Å². The summed E-state index contributed by atoms with van der Waals surface area (Å²) >= 11 is 3.33. The van der Waals surface area contributed by atoms with E-state index in [1.54, 1.807) is 6.07 Å². The zero-order chi connectivity index (χ0) is 12.3. The number of nitrogens with one attached hydrogen (secondary N) is 1. The Kier molecular flexibility index (Phi) is 3.75. The molecule has 90 valence electrons. The van der Waals surface area contributed by atoms with Gasteiger partial charge in [-0.15, -0.1) is 0 Å². The van der Waals surface area contributed by atoms with Crippen molar-refractivity contribution in [2.24, 2.45) is 0 Å². The van der Waals surface area contributed by atoms with Gasteiger partial charge in [-0.1, -0.05) is 21.1 Å². The zero-order valence-electron chi connectivity index (χ0n) is 8.94. The third-order valence-electron chi connectivity index (χ3n) is 2.27. The van der Waals surface area contributed by atoms with Gasteiger partial charge in [0.15, 0.2) is 5.58 Å². The highest BCUT2D eigenvalue weighted by atomic mass is 79.9. The molecule has 0 saturated carbocycles. The molecule has 0 aliphatic carbocycles. The SMILES string of the molecule is O=C(Cc1noc2cc(Br)ccc12)NCCO. The van der Waals surface area contributed by atoms with E-state index in [2.05, 4.69) is 26.4 Å². The molecule has 2 N–H and O–H groups in total. The third kappa shape index (κ3) is 2.83. The summed E-state index contributed by atoms with van der Waals surface area (Å²) in [5, 5.41) is 15.8. The Balaban J connectivity index is 2.16. The first-order valence-electron chi connectivity index (χ1n) is 5.12. The molecular weight excluding hydrogens is 288 g/mol. The van der Waals surface area contributed by atoms with Crippen LogP contribution in [0.15, 0.2) is 27.2 Å². The molecule has 0 radical (unpaired) electrons. The summed E-state index contributed by atoms with van der Waals surface area (Å²) in [7, 11) is 0. The summed E-state index contributed by atoms with van der Waals surface area (Å²) in [6, 6.07) is 5.52. The minimum Gasteiger partial charge on any atom is -0.395 e. The highest BCUT2D eigenvalue weighted by Crippen LogP contribution is 2.22. The lowest BCUT2D eigenvalue weighted by molar-refractivity contribution is -0.120. The summed E-state index contributed by atoms with van der Waals surface area (Å²) in [6.45, 7) is 0.179. The molecule has 2 aromatic rings. The summed E-state index contributed by atoms with van der Waals surface area (Å²) < 4.78 is 6.03. The number of hydrogen-bond acceptors (Lipinski definition) is 4. The number of hydrogen-bond donors (Lipinski definition) is 2. The quantitative estimate of drug-likeness (QED) is 0.890. The molecule has 2 rings (SSSR count). The summed E-state index contributed by atoms with van der Waals surface area (Å²) in [6.07, 6.45) is 0.147. The van der Waals surface area contributed by atoms with Crippen molar-refractivity contribution in [2.75, 3.05) is 13.2 Å². The molecule has 1 aromatic carbocycles. The third-order valence-corrected chi connectivity index (χ3v) is 2.76. The van der Waals surface area contributed by atoms with Crippen LogP contribution in [-0.2, 0) is 11.2 Å². The maximum Gasteiger partial charge on any atom is 0.226 e. The predicted molar refractivity (Wildman–Crippen MR) is 65.5 cm³/mol. The number of halogens is 1. The van der Waals surface area contributed by atoms with Crippen LogP contribution in [0, 0.1) is 0 Å². The number of rotatable bonds is 4. The highest BCUT2D eigenvalue weighted by molar-refractivity contribution is 9.10. The molecule has 5 nitrogen and oxygen atoms in total. The summed E-state index contributed by atoms with van der Waals surface area (Å²) in [4.78, 5) is 11.5. The van der Waals surface area contributed by atoms with Gasteiger partial charge in [0.25, 0.3) is 0 Å². The van der Waals surface area contributed by atoms with Crippen molar-refractivity contribution in [3.8, 4) is 0 Å². The predicted octanol–water partition coefficient (Wildman–Crippen LogP) is 1.24. The number of nitrogens with zero attached hydrogens (tertiary/aromatic N) is 1. The van der Waals surface area contributed by atoms with Gasteiger partial charge in [0.1, 0.15) is 5.69 Å². The Bertz CT molecular complexity index is 538. The minimum absolute atomic E-state index is 0.0712. The van der Waals surface area contributed by atoms with Crippen LogP contribution in [0.2, 0.25) is 0 Å². The largest absolute Gasteiger partial charge is 0.395 e. The Morgan fingerprint density at radius 2 is 2.35 bits per heavy atom. The zero-order valence-corrected chi connectivity index (χ0v) is 10.5. The number of aliphatic hydroxyl groups excluding tert-OH is 1. The second kappa shape index (κ2) is 5.29. The van der Waals surface area contributed by atoms with Gasteiger partial charge in [0, 0.05) is 16.4 Å². The van der Waals surface area contributed by atoms with Crippen molar-refractivity contribution >= 4 is 32.8 Å². The van der Waals surface area contributed by atoms with Crippen LogP contribution < -0.4 is 5.32 Å². The molecule has 0 unspecified atom stereocenters. The second-order valence-electron chi connectivity index (χ2n) is 3.52. The van der Waals surface area contributed by atoms with Gasteiger partial charge in [-0.2, -0.15) is 0 Å². The molecule has 0 spiro atoms. The minimum atomic E-state index is -0.183. The van der Waals surface area contributed by atoms with Crippen LogP contribution in [-0.4, -0.2) is 29.3 Å². The Morgan fingerprint density at radius 1 is 1.53 bits per heavy atom. The lowest BCUT2D eigenvalue weighted by atomic mass is 10.1. The van der Waals surface area contributed by atoms with E-state index in [1.165, 1.54) is 0 Å². The fourth-order valence-corrected chi connectivity index (χ4v) is 1.84. The van der Waals surface area contributed by atoms with Crippen LogP contribution in [0.25, 0.3) is 11.0 Å². The van der Waals surface area contributed by atoms with Gasteiger partial charge in [-0.3, -0.25) is 4.79 Å². The molecule has 1 aromatic heterocycles. The number of carbonyl (C=O) groups excluding carboxylic acids is 1. The van der Waals surface area contributed by atoms with Crippen molar-refractivity contribution in [3.63, 3.8) is 0 Å². The van der Waals surface area contributed by atoms with Gasteiger partial charge >= 0.3 is 0 Å². The van der Waals surface area contributed by atoms with E-state index in [0.29, 0.717) is 11.3 Å². The van der Waals surface area contributed by atoms with E-state index in [-0.39, 0.29) is 25.5 Å². The van der Waals surface area contributed by atoms with Gasteiger partial charge in [-0.25, -0.2) is 0 Å². The maximum absolute atomic E-state index is 11.5. The van der Waals surface area contributed by atoms with Gasteiger partial charge in [-0.05, 0) is 18.2 Å². The Hall–Kier alpha value is -1.40. The van der Waals surface area contributed by atoms with Gasteiger partial charge < -0.3 is 14.9 Å². The molecule has 1 heterocycles. The van der Waals surface area contributed by atoms with E-state index in [1.807, 2.05) is 12.1 Å². The monoisotopic (exact) mass is 298 g/mol. The lowest BCUT2D eigenvalue weighted by Gasteiger charge is -2.00. The number of carbonyl (C=O) groups is 1. The van der Waals surface area contributed by atoms with Crippen molar-refractivity contribution in [2.45, 2.75) is 6.42 Å². The van der Waals surface area contributed by atoms with Crippen molar-refractivity contribution < 1.29 is 14.4 Å². The number of aromatic nitrogens is 1. The Morgan fingerprint density at radius 3 is 3.12 bits per heavy atom. The number of amides is 1. The molecule has 1 amide bonds. The number of benzene rings is 1. The highest BCUT2D eigenvalue weighted by Gasteiger charge is 2.12. The first-order chi connectivity index (χ1) is 8.20. The first-order valence-corrected chi connectivity index (χ1v) is 5.91. The number of aliphatic hydroxyl groups is 1. The molecule has 0 saturated heterocycles. The fourth-order valence-electron chi connectivity index (χ4n) is 1.50. The summed E-state index contributed by atoms with van der Waals surface area (Å²) in [5.41, 5.74) is 1.24. The van der Waals surface area contributed by atoms with E-state index in [0.717, 1.165) is 9.86 Å². The fraction of sp³-hybridized carbons (Fsp3) is 0.273. The Labute approximate surface area is 106 Å². The van der Waals surface area contributed by atoms with E-state index in [9.17, 15) is 4.79 Å². The molecule has 0 bridgehead atoms. The van der Waals surface area contributed by atoms with Gasteiger partial charge in [0.2, 0.25) is 5.91 Å². The molecule has 17 heavy (non-hydrogen) atoms. The van der Waals surface area contributed by atoms with Crippen molar-refractivity contribution in [1.29, 1.82) is 0 Å². The molecule has 0 aliphatic rings. The lowest BCUT2D eigenvalue weighted by Crippen LogP contribution is -2.27. The average Bonchev–Trinajstić information content (AvgIpc) is 2.69. The molecular formula is C11H11BrN2O3. The average molecular weight is 299 g/mol. The molecule has 0 aliphatic heterocycles. The second-order valence-corrected chi connectivity index (χ2v) is 4.44. The first kappa shape index (κ1) is 12.1. The molecule has 0 fully saturated rings. The van der Waals surface area contributed by atoms with Crippen LogP contribution in [0.5, 0.6) is 0 Å². The normalized spacial score (nSPS) is 10.7. The molecule has 0 atom stereocenters. The van der Waals surface area contributed by atoms with Crippen LogP contribution in [0.4, 0.5) is 0 Å². The topological polar surface area (TPSA) is 75.4 Å². The van der Waals surface area contributed by atoms with Gasteiger partial charge in [0.05, 0.1) is 13.0 Å². The summed E-state index contributed by atoms with van der Waals surface area (Å²) in [5.74, 6) is -0.183. The maximum atomic E-state index is 11.5. The van der Waals surface area contributed by atoms with Crippen molar-refractivity contribution in [3.05, 3.63) is 28.4 Å². The number of fused-ring (bicyclic) bond motifs is 1.